The third kappa shape index (κ3) is 4.15. The normalized spacial score (nSPS) is 10.4. The lowest BCUT2D eigenvalue weighted by Crippen LogP contribution is -2.05. The summed E-state index contributed by atoms with van der Waals surface area (Å²) in [5, 5.41) is 25.3. The van der Waals surface area contributed by atoms with Crippen LogP contribution in [0.15, 0.2) is 54.6 Å². The zero-order chi connectivity index (χ0) is 21.1. The standard InChI is InChI=1S/C18H12Cl2N4O5/c19-11-6-7-13(24(27)28)17(15(11)20)22-18-14(29-10-4-2-1-3-5-10)9-8-12(16(18)21)23(25)26/h1-9,22H,21H2. The van der Waals surface area contributed by atoms with Crippen molar-refractivity contribution in [2.24, 2.45) is 0 Å². The highest BCUT2D eigenvalue weighted by atomic mass is 35.5. The Morgan fingerprint density at radius 1 is 0.862 bits per heavy atom. The maximum atomic E-state index is 11.4. The number of nitrogens with one attached hydrogen (secondary N) is 1. The number of nitrogens with two attached hydrogens (primary N) is 1. The fourth-order valence-corrected chi connectivity index (χ4v) is 2.88. The lowest BCUT2D eigenvalue weighted by Gasteiger charge is -2.16. The molecule has 0 aromatic heterocycles. The summed E-state index contributed by atoms with van der Waals surface area (Å²) >= 11 is 12.1. The molecular formula is C18H12Cl2N4O5. The van der Waals surface area contributed by atoms with Crippen molar-refractivity contribution in [3.05, 3.63) is 84.9 Å². The van der Waals surface area contributed by atoms with Crippen molar-refractivity contribution in [2.45, 2.75) is 0 Å². The molecule has 0 bridgehead atoms. The number of anilines is 3. The fraction of sp³-hybridized carbons (Fsp3) is 0. The molecule has 3 aromatic carbocycles. The van der Waals surface area contributed by atoms with Crippen LogP contribution in [0.5, 0.6) is 11.5 Å². The maximum Gasteiger partial charge on any atom is 0.294 e. The van der Waals surface area contributed by atoms with Crippen LogP contribution in [-0.4, -0.2) is 9.85 Å². The van der Waals surface area contributed by atoms with Gasteiger partial charge in [0.2, 0.25) is 0 Å². The molecule has 11 heteroatoms. The molecule has 0 unspecified atom stereocenters. The summed E-state index contributed by atoms with van der Waals surface area (Å²) in [6.45, 7) is 0. The first-order valence-corrected chi connectivity index (χ1v) is 8.74. The van der Waals surface area contributed by atoms with Gasteiger partial charge in [0, 0.05) is 12.1 Å². The van der Waals surface area contributed by atoms with Gasteiger partial charge >= 0.3 is 0 Å². The summed E-state index contributed by atoms with van der Waals surface area (Å²) in [7, 11) is 0. The van der Waals surface area contributed by atoms with Gasteiger partial charge in [-0.2, -0.15) is 0 Å². The van der Waals surface area contributed by atoms with Crippen molar-refractivity contribution in [3.8, 4) is 11.5 Å². The molecule has 9 nitrogen and oxygen atoms in total. The molecule has 3 rings (SSSR count). The van der Waals surface area contributed by atoms with Crippen molar-refractivity contribution >= 4 is 51.6 Å². The molecule has 3 N–H and O–H groups in total. The summed E-state index contributed by atoms with van der Waals surface area (Å²) in [5.74, 6) is 0.528. The van der Waals surface area contributed by atoms with Crippen molar-refractivity contribution in [1.29, 1.82) is 0 Å². The Labute approximate surface area is 173 Å². The van der Waals surface area contributed by atoms with E-state index >= 15 is 0 Å². The van der Waals surface area contributed by atoms with Crippen LogP contribution in [-0.2, 0) is 0 Å². The number of hydrogen-bond acceptors (Lipinski definition) is 7. The lowest BCUT2D eigenvalue weighted by molar-refractivity contribution is -0.384. The van der Waals surface area contributed by atoms with E-state index in [0.29, 0.717) is 5.75 Å². The van der Waals surface area contributed by atoms with Crippen molar-refractivity contribution in [1.82, 2.24) is 0 Å². The first-order chi connectivity index (χ1) is 13.8. The Morgan fingerprint density at radius 3 is 2.10 bits per heavy atom. The smallest absolute Gasteiger partial charge is 0.294 e. The van der Waals surface area contributed by atoms with Gasteiger partial charge in [0.1, 0.15) is 22.8 Å². The Morgan fingerprint density at radius 2 is 1.48 bits per heavy atom. The van der Waals surface area contributed by atoms with Gasteiger partial charge in [-0.05, 0) is 24.3 Å². The van der Waals surface area contributed by atoms with Crippen LogP contribution in [0, 0.1) is 20.2 Å². The second-order valence-corrected chi connectivity index (χ2v) is 6.47. The SMILES string of the molecule is Nc1c([N+](=O)[O-])ccc(Oc2ccccc2)c1Nc1c([N+](=O)[O-])ccc(Cl)c1Cl. The lowest BCUT2D eigenvalue weighted by atomic mass is 10.2. The minimum atomic E-state index is -0.680. The number of halogens is 2. The topological polar surface area (TPSA) is 134 Å². The van der Waals surface area contributed by atoms with Crippen LogP contribution >= 0.6 is 23.2 Å². The largest absolute Gasteiger partial charge is 0.455 e. The van der Waals surface area contributed by atoms with E-state index in [1.807, 2.05) is 0 Å². The van der Waals surface area contributed by atoms with Gasteiger partial charge in [-0.25, -0.2) is 0 Å². The molecule has 0 aliphatic heterocycles. The van der Waals surface area contributed by atoms with Crippen LogP contribution in [0.3, 0.4) is 0 Å². The summed E-state index contributed by atoms with van der Waals surface area (Å²) < 4.78 is 5.76. The van der Waals surface area contributed by atoms with Crippen LogP contribution in [0.4, 0.5) is 28.4 Å². The monoisotopic (exact) mass is 434 g/mol. The minimum absolute atomic E-state index is 0.0503. The third-order valence-electron chi connectivity index (χ3n) is 3.87. The Kier molecular flexibility index (Phi) is 5.71. The second kappa shape index (κ2) is 8.21. The van der Waals surface area contributed by atoms with Crippen molar-refractivity contribution in [3.63, 3.8) is 0 Å². The number of hydrogen-bond donors (Lipinski definition) is 2. The molecule has 148 valence electrons. The highest BCUT2D eigenvalue weighted by Gasteiger charge is 2.25. The number of rotatable bonds is 6. The molecule has 0 radical (unpaired) electrons. The third-order valence-corrected chi connectivity index (χ3v) is 4.68. The van der Waals surface area contributed by atoms with Crippen molar-refractivity contribution < 1.29 is 14.6 Å². The Bertz CT molecular complexity index is 1110. The van der Waals surface area contributed by atoms with Gasteiger partial charge < -0.3 is 15.8 Å². The molecule has 0 saturated carbocycles. The predicted octanol–water partition coefficient (Wildman–Crippen LogP) is 5.93. The molecule has 0 spiro atoms. The maximum absolute atomic E-state index is 11.4. The van der Waals surface area contributed by atoms with Crippen LogP contribution in [0.2, 0.25) is 10.0 Å². The first-order valence-electron chi connectivity index (χ1n) is 7.98. The molecule has 0 fully saturated rings. The van der Waals surface area contributed by atoms with Gasteiger partial charge in [-0.1, -0.05) is 41.4 Å². The van der Waals surface area contributed by atoms with E-state index in [0.717, 1.165) is 6.07 Å². The van der Waals surface area contributed by atoms with Gasteiger partial charge in [-0.3, -0.25) is 20.2 Å². The number of ether oxygens (including phenoxy) is 1. The van der Waals surface area contributed by atoms with Gasteiger partial charge in [0.05, 0.1) is 19.9 Å². The number of nitro groups is 2. The second-order valence-electron chi connectivity index (χ2n) is 5.68. The van der Waals surface area contributed by atoms with E-state index in [1.54, 1.807) is 30.3 Å². The Hall–Kier alpha value is -3.56. The zero-order valence-electron chi connectivity index (χ0n) is 14.5. The number of nitro benzene ring substituents is 2. The zero-order valence-corrected chi connectivity index (χ0v) is 16.0. The number of nitrogens with zero attached hydrogens (tertiary/aromatic N) is 2. The van der Waals surface area contributed by atoms with E-state index in [9.17, 15) is 20.2 Å². The van der Waals surface area contributed by atoms with E-state index < -0.39 is 21.2 Å². The van der Waals surface area contributed by atoms with Gasteiger partial charge in [0.15, 0.2) is 5.75 Å². The molecule has 0 saturated heterocycles. The summed E-state index contributed by atoms with van der Waals surface area (Å²) in [6.07, 6.45) is 0. The summed E-state index contributed by atoms with van der Waals surface area (Å²) in [4.78, 5) is 21.3. The van der Waals surface area contributed by atoms with Gasteiger partial charge in [-0.15, -0.1) is 0 Å². The molecule has 0 aliphatic carbocycles. The summed E-state index contributed by atoms with van der Waals surface area (Å²) in [6, 6.07) is 13.5. The average molecular weight is 435 g/mol. The van der Waals surface area contributed by atoms with Crippen LogP contribution in [0.25, 0.3) is 0 Å². The fourth-order valence-electron chi connectivity index (χ4n) is 2.51. The Balaban J connectivity index is 2.17. The molecule has 0 atom stereocenters. The minimum Gasteiger partial charge on any atom is -0.455 e. The quantitative estimate of drug-likeness (QED) is 0.279. The molecule has 0 amide bonds. The van der Waals surface area contributed by atoms with E-state index in [-0.39, 0.29) is 32.9 Å². The number of benzene rings is 3. The molecule has 0 aliphatic rings. The summed E-state index contributed by atoms with van der Waals surface area (Å²) in [5.41, 5.74) is 4.65. The number of nitrogen functional groups attached to an aromatic ring is 1. The molecule has 0 heterocycles. The van der Waals surface area contributed by atoms with Crippen LogP contribution in [0.1, 0.15) is 0 Å². The van der Waals surface area contributed by atoms with Gasteiger partial charge in [0.25, 0.3) is 11.4 Å². The van der Waals surface area contributed by atoms with Crippen molar-refractivity contribution in [2.75, 3.05) is 11.1 Å². The predicted molar refractivity (Wildman–Crippen MR) is 110 cm³/mol. The van der Waals surface area contributed by atoms with E-state index in [1.165, 1.54) is 18.2 Å². The molecule has 29 heavy (non-hydrogen) atoms. The van der Waals surface area contributed by atoms with E-state index in [4.69, 9.17) is 33.7 Å². The first kappa shape index (κ1) is 20.2. The highest BCUT2D eigenvalue weighted by molar-refractivity contribution is 6.44. The average Bonchev–Trinajstić information content (AvgIpc) is 2.68. The van der Waals surface area contributed by atoms with Crippen LogP contribution < -0.4 is 15.8 Å². The molecular weight excluding hydrogens is 423 g/mol. The molecule has 3 aromatic rings. The highest BCUT2D eigenvalue weighted by Crippen LogP contribution is 2.45. The van der Waals surface area contributed by atoms with E-state index in [2.05, 4.69) is 5.32 Å². The number of para-hydroxylation sites is 1.